The minimum Gasteiger partial charge on any atom is -0.421 e. The van der Waals surface area contributed by atoms with Crippen molar-refractivity contribution < 1.29 is 9.13 Å². The summed E-state index contributed by atoms with van der Waals surface area (Å²) < 4.78 is 20.4. The number of aromatic amines is 1. The summed E-state index contributed by atoms with van der Waals surface area (Å²) in [4.78, 5) is 23.2. The van der Waals surface area contributed by atoms with Crippen LogP contribution in [0.3, 0.4) is 0 Å². The summed E-state index contributed by atoms with van der Waals surface area (Å²) in [6.07, 6.45) is 5.16. The smallest absolute Gasteiger partial charge is 0.326 e. The molecule has 1 aliphatic rings. The number of aryl methyl sites for hydroxylation is 1. The van der Waals surface area contributed by atoms with E-state index in [0.717, 1.165) is 23.7 Å². The quantitative estimate of drug-likeness (QED) is 0.367. The first-order chi connectivity index (χ1) is 16.9. The molecule has 1 unspecified atom stereocenters. The molecule has 1 saturated heterocycles. The highest BCUT2D eigenvalue weighted by Crippen LogP contribution is 2.39. The normalized spacial score (nSPS) is 17.7. The number of aromatic nitrogens is 5. The lowest BCUT2D eigenvalue weighted by molar-refractivity contribution is 0.363. The van der Waals surface area contributed by atoms with E-state index < -0.39 is 0 Å². The van der Waals surface area contributed by atoms with Crippen LogP contribution in [0, 0.1) is 24.1 Å². The Bertz CT molecular complexity index is 1430. The summed E-state index contributed by atoms with van der Waals surface area (Å²) in [7, 11) is 3.66. The highest BCUT2D eigenvalue weighted by Gasteiger charge is 2.38. The molecule has 0 bridgehead atoms. The van der Waals surface area contributed by atoms with Gasteiger partial charge >= 0.3 is 6.01 Å². The molecule has 35 heavy (non-hydrogen) atoms. The maximum absolute atomic E-state index is 14.5. The highest BCUT2D eigenvalue weighted by atomic mass is 19.1. The van der Waals surface area contributed by atoms with E-state index >= 15 is 0 Å². The molecule has 0 amide bonds. The zero-order valence-electron chi connectivity index (χ0n) is 19.8. The van der Waals surface area contributed by atoms with Crippen molar-refractivity contribution in [2.45, 2.75) is 31.7 Å². The van der Waals surface area contributed by atoms with Crippen molar-refractivity contribution in [3.63, 3.8) is 0 Å². The zero-order valence-corrected chi connectivity index (χ0v) is 19.8. The molecule has 10 nitrogen and oxygen atoms in total. The second-order valence-corrected chi connectivity index (χ2v) is 8.73. The summed E-state index contributed by atoms with van der Waals surface area (Å²) in [6, 6.07) is 5.32. The first-order valence-corrected chi connectivity index (χ1v) is 11.4. The topological polar surface area (TPSA) is 128 Å². The van der Waals surface area contributed by atoms with Crippen LogP contribution in [0.15, 0.2) is 24.5 Å². The van der Waals surface area contributed by atoms with E-state index in [-0.39, 0.29) is 17.4 Å². The van der Waals surface area contributed by atoms with E-state index in [9.17, 15) is 4.39 Å². The monoisotopic (exact) mass is 475 g/mol. The number of nitriles is 1. The maximum atomic E-state index is 14.5. The molecular formula is C24H26FN9O. The molecule has 0 radical (unpaired) electrons. The average molecular weight is 476 g/mol. The first kappa shape index (κ1) is 22.7. The minimum atomic E-state index is -0.356. The number of hydrogen-bond donors (Lipinski definition) is 3. The third-order valence-corrected chi connectivity index (χ3v) is 6.62. The number of H-pyrrole nitrogens is 1. The zero-order chi connectivity index (χ0) is 24.6. The summed E-state index contributed by atoms with van der Waals surface area (Å²) in [5, 5.41) is 17.0. The number of benzene rings is 1. The van der Waals surface area contributed by atoms with Crippen molar-refractivity contribution in [3.8, 4) is 17.8 Å². The van der Waals surface area contributed by atoms with Gasteiger partial charge in [0.05, 0.1) is 35.1 Å². The van der Waals surface area contributed by atoms with Gasteiger partial charge in [-0.3, -0.25) is 0 Å². The van der Waals surface area contributed by atoms with E-state index in [1.165, 1.54) is 12.1 Å². The number of fused-ring (bicyclic) bond motifs is 3. The van der Waals surface area contributed by atoms with Crippen molar-refractivity contribution in [2.24, 2.45) is 0 Å². The Balaban J connectivity index is 1.66. The summed E-state index contributed by atoms with van der Waals surface area (Å²) in [5.74, 6) is 1.33. The van der Waals surface area contributed by atoms with Gasteiger partial charge in [-0.2, -0.15) is 15.2 Å². The molecule has 1 fully saturated rings. The second kappa shape index (κ2) is 8.96. The molecule has 0 spiro atoms. The maximum Gasteiger partial charge on any atom is 0.326 e. The number of nitrogens with zero attached hydrogens (tertiary/aromatic N) is 6. The highest BCUT2D eigenvalue weighted by molar-refractivity contribution is 6.14. The van der Waals surface area contributed by atoms with Crippen LogP contribution >= 0.6 is 0 Å². The number of hydrogen-bond acceptors (Lipinski definition) is 9. The molecule has 1 aromatic carbocycles. The van der Waals surface area contributed by atoms with E-state index in [0.29, 0.717) is 53.6 Å². The summed E-state index contributed by atoms with van der Waals surface area (Å²) in [6.45, 7) is 3.15. The molecule has 4 aromatic rings. The fourth-order valence-corrected chi connectivity index (χ4v) is 4.72. The second-order valence-electron chi connectivity index (χ2n) is 8.73. The predicted octanol–water partition coefficient (Wildman–Crippen LogP) is 3.65. The van der Waals surface area contributed by atoms with Gasteiger partial charge in [0.15, 0.2) is 5.75 Å². The van der Waals surface area contributed by atoms with Gasteiger partial charge in [-0.15, -0.1) is 0 Å². The molecule has 4 heterocycles. The van der Waals surface area contributed by atoms with E-state index in [1.807, 2.05) is 7.05 Å². The van der Waals surface area contributed by atoms with Crippen molar-refractivity contribution >= 4 is 33.4 Å². The van der Waals surface area contributed by atoms with Crippen LogP contribution in [0.5, 0.6) is 11.8 Å². The van der Waals surface area contributed by atoms with Crippen LogP contribution in [0.4, 0.5) is 15.9 Å². The van der Waals surface area contributed by atoms with Crippen LogP contribution in [-0.2, 0) is 0 Å². The Labute approximate surface area is 201 Å². The Morgan fingerprint density at radius 2 is 2.06 bits per heavy atom. The van der Waals surface area contributed by atoms with Gasteiger partial charge in [0.2, 0.25) is 0 Å². The lowest BCUT2D eigenvalue weighted by atomic mass is 9.93. The van der Waals surface area contributed by atoms with E-state index in [2.05, 4.69) is 41.5 Å². The van der Waals surface area contributed by atoms with Crippen LogP contribution in [0.2, 0.25) is 0 Å². The van der Waals surface area contributed by atoms with Crippen molar-refractivity contribution in [3.05, 3.63) is 36.2 Å². The molecule has 1 atom stereocenters. The molecule has 0 aliphatic carbocycles. The van der Waals surface area contributed by atoms with Gasteiger partial charge in [-0.25, -0.2) is 14.4 Å². The molecule has 11 heteroatoms. The Hall–Kier alpha value is -4.04. The number of ether oxygens (including phenoxy) is 1. The van der Waals surface area contributed by atoms with Crippen LogP contribution in [-0.4, -0.2) is 57.6 Å². The number of halogens is 1. The molecule has 3 aromatic heterocycles. The average Bonchev–Trinajstić information content (AvgIpc) is 3.45. The largest absolute Gasteiger partial charge is 0.421 e. The van der Waals surface area contributed by atoms with Gasteiger partial charge in [-0.1, -0.05) is 0 Å². The van der Waals surface area contributed by atoms with Crippen LogP contribution in [0.25, 0.3) is 21.9 Å². The standard InChI is InChI=1S/C24H26FN9O/c1-14-29-11-16(12-30-14)35-23-32-21-19(17-9-15(25)10-18(27-2)20(17)31-21)22(33-23)34-8-6-24(13-34,28-3)5-4-7-26/h9-12,27-28H,4-6,8,13H2,1-3H3,(H,31,32,33). The molecule has 0 saturated carbocycles. The lowest BCUT2D eigenvalue weighted by Gasteiger charge is -2.28. The Kier molecular flexibility index (Phi) is 5.82. The van der Waals surface area contributed by atoms with E-state index in [4.69, 9.17) is 15.0 Å². The first-order valence-electron chi connectivity index (χ1n) is 11.4. The third kappa shape index (κ3) is 4.17. The van der Waals surface area contributed by atoms with Crippen molar-refractivity contribution in [2.75, 3.05) is 37.4 Å². The van der Waals surface area contributed by atoms with Gasteiger partial charge < -0.3 is 25.3 Å². The van der Waals surface area contributed by atoms with Gasteiger partial charge in [-0.05, 0) is 38.9 Å². The summed E-state index contributed by atoms with van der Waals surface area (Å²) in [5.41, 5.74) is 1.68. The van der Waals surface area contributed by atoms with Crippen LogP contribution in [0.1, 0.15) is 25.1 Å². The molecular weight excluding hydrogens is 449 g/mol. The van der Waals surface area contributed by atoms with Crippen molar-refractivity contribution in [1.29, 1.82) is 5.26 Å². The SMILES string of the molecule is CNc1cc(F)cc2c1[nH]c1nc(Oc3cnc(C)nc3)nc(N3CCC(CCC#N)(NC)C3)c12. The Morgan fingerprint density at radius 1 is 1.26 bits per heavy atom. The predicted molar refractivity (Wildman–Crippen MR) is 131 cm³/mol. The summed E-state index contributed by atoms with van der Waals surface area (Å²) >= 11 is 0. The number of likely N-dealkylation sites (N-methyl/N-ethyl adjacent to an activating group) is 1. The third-order valence-electron chi connectivity index (χ3n) is 6.62. The molecule has 3 N–H and O–H groups in total. The van der Waals surface area contributed by atoms with Gasteiger partial charge in [0, 0.05) is 37.5 Å². The molecule has 180 valence electrons. The number of rotatable bonds is 7. The number of anilines is 2. The lowest BCUT2D eigenvalue weighted by Crippen LogP contribution is -2.45. The van der Waals surface area contributed by atoms with E-state index in [1.54, 1.807) is 26.4 Å². The van der Waals surface area contributed by atoms with Gasteiger partial charge in [0.1, 0.15) is 23.1 Å². The van der Waals surface area contributed by atoms with Crippen molar-refractivity contribution in [1.82, 2.24) is 30.2 Å². The fourth-order valence-electron chi connectivity index (χ4n) is 4.72. The van der Waals surface area contributed by atoms with Gasteiger partial charge in [0.25, 0.3) is 0 Å². The fraction of sp³-hybridized carbons (Fsp3) is 0.375. The van der Waals surface area contributed by atoms with Crippen LogP contribution < -0.4 is 20.3 Å². The Morgan fingerprint density at radius 3 is 2.77 bits per heavy atom. The molecule has 5 rings (SSSR count). The molecule has 1 aliphatic heterocycles. The number of nitrogens with one attached hydrogen (secondary N) is 3. The minimum absolute atomic E-state index is 0.136.